The van der Waals surface area contributed by atoms with Gasteiger partial charge in [-0.3, -0.25) is 4.79 Å². The predicted octanol–water partition coefficient (Wildman–Crippen LogP) is 1.83. The summed E-state index contributed by atoms with van der Waals surface area (Å²) in [5.74, 6) is -0.162. The Morgan fingerprint density at radius 1 is 1.41 bits per heavy atom. The molecule has 0 amide bonds. The van der Waals surface area contributed by atoms with Crippen LogP contribution in [0.4, 0.5) is 4.39 Å². The maximum atomic E-state index is 12.8. The Hall–Kier alpha value is -1.42. The van der Waals surface area contributed by atoms with Crippen molar-refractivity contribution in [2.24, 2.45) is 0 Å². The number of carbonyl (C=O) groups excluding carboxylic acids is 1. The van der Waals surface area contributed by atoms with Crippen LogP contribution in [0.3, 0.4) is 0 Å². The molecule has 0 saturated carbocycles. The topological polar surface area (TPSA) is 38.3 Å². The van der Waals surface area contributed by atoms with Gasteiger partial charge in [0, 0.05) is 0 Å². The van der Waals surface area contributed by atoms with Gasteiger partial charge in [-0.1, -0.05) is 12.1 Å². The third kappa shape index (κ3) is 2.82. The van der Waals surface area contributed by atoms with E-state index >= 15 is 0 Å². The van der Waals surface area contributed by atoms with Gasteiger partial charge in [-0.05, 0) is 43.0 Å². The van der Waals surface area contributed by atoms with Gasteiger partial charge in [-0.2, -0.15) is 0 Å². The zero-order valence-corrected chi connectivity index (χ0v) is 9.78. The number of halogens is 1. The van der Waals surface area contributed by atoms with Crippen LogP contribution in [0.5, 0.6) is 0 Å². The van der Waals surface area contributed by atoms with Crippen molar-refractivity contribution in [3.8, 4) is 0 Å². The molecule has 1 aromatic rings. The molecule has 0 aromatic heterocycles. The van der Waals surface area contributed by atoms with E-state index in [1.165, 1.54) is 19.2 Å². The lowest BCUT2D eigenvalue weighted by molar-refractivity contribution is -0.143. The average molecular weight is 237 g/mol. The maximum absolute atomic E-state index is 12.8. The van der Waals surface area contributed by atoms with Gasteiger partial charge in [-0.15, -0.1) is 0 Å². The fourth-order valence-corrected chi connectivity index (χ4v) is 2.28. The number of ether oxygens (including phenoxy) is 1. The third-order valence-corrected chi connectivity index (χ3v) is 3.23. The molecule has 0 bridgehead atoms. The van der Waals surface area contributed by atoms with Gasteiger partial charge in [0.25, 0.3) is 0 Å². The van der Waals surface area contributed by atoms with E-state index in [0.717, 1.165) is 18.5 Å². The summed E-state index contributed by atoms with van der Waals surface area (Å²) in [6, 6.07) is 6.26. The Morgan fingerprint density at radius 3 is 2.76 bits per heavy atom. The van der Waals surface area contributed by atoms with E-state index in [9.17, 15) is 9.18 Å². The molecule has 17 heavy (non-hydrogen) atoms. The summed E-state index contributed by atoms with van der Waals surface area (Å²) < 4.78 is 17.6. The van der Waals surface area contributed by atoms with E-state index < -0.39 is 0 Å². The smallest absolute Gasteiger partial charge is 0.322 e. The van der Waals surface area contributed by atoms with Crippen LogP contribution in [-0.2, 0) is 9.53 Å². The quantitative estimate of drug-likeness (QED) is 0.797. The van der Waals surface area contributed by atoms with Gasteiger partial charge in [0.1, 0.15) is 11.9 Å². The zero-order chi connectivity index (χ0) is 12.3. The summed E-state index contributed by atoms with van der Waals surface area (Å²) in [7, 11) is 1.39. The van der Waals surface area contributed by atoms with E-state index in [1.54, 1.807) is 12.1 Å². The van der Waals surface area contributed by atoms with Crippen LogP contribution in [0.2, 0.25) is 0 Å². The number of carbonyl (C=O) groups is 1. The van der Waals surface area contributed by atoms with E-state index in [1.807, 2.05) is 0 Å². The highest BCUT2D eigenvalue weighted by Crippen LogP contribution is 2.28. The van der Waals surface area contributed by atoms with Crippen molar-refractivity contribution >= 4 is 5.97 Å². The lowest BCUT2D eigenvalue weighted by Crippen LogP contribution is -2.43. The molecule has 92 valence electrons. The Kier molecular flexibility index (Phi) is 3.74. The Labute approximate surface area is 100.0 Å². The molecule has 1 fully saturated rings. The molecular formula is C13H16FNO2. The second-order valence-corrected chi connectivity index (χ2v) is 4.30. The monoisotopic (exact) mass is 237 g/mol. The van der Waals surface area contributed by atoms with E-state index in [0.29, 0.717) is 12.3 Å². The molecule has 4 heteroatoms. The SMILES string of the molecule is COC(=O)C1CC(c2ccc(F)cc2)CCN1. The average Bonchev–Trinajstić information content (AvgIpc) is 2.39. The number of nitrogens with one attached hydrogen (secondary N) is 1. The van der Waals surface area contributed by atoms with Gasteiger partial charge < -0.3 is 10.1 Å². The van der Waals surface area contributed by atoms with Crippen molar-refractivity contribution in [1.29, 1.82) is 0 Å². The van der Waals surface area contributed by atoms with Crippen molar-refractivity contribution in [2.45, 2.75) is 24.8 Å². The largest absolute Gasteiger partial charge is 0.468 e. The second kappa shape index (κ2) is 5.27. The van der Waals surface area contributed by atoms with Crippen molar-refractivity contribution in [3.63, 3.8) is 0 Å². The molecular weight excluding hydrogens is 221 g/mol. The normalized spacial score (nSPS) is 24.4. The predicted molar refractivity (Wildman–Crippen MR) is 62.2 cm³/mol. The molecule has 1 saturated heterocycles. The highest BCUT2D eigenvalue weighted by atomic mass is 19.1. The minimum absolute atomic E-state index is 0.225. The van der Waals surface area contributed by atoms with Gasteiger partial charge >= 0.3 is 5.97 Å². The third-order valence-electron chi connectivity index (χ3n) is 3.23. The lowest BCUT2D eigenvalue weighted by Gasteiger charge is -2.28. The number of hydrogen-bond donors (Lipinski definition) is 1. The van der Waals surface area contributed by atoms with E-state index in [4.69, 9.17) is 4.74 Å². The number of methoxy groups -OCH3 is 1. The summed E-state index contributed by atoms with van der Waals surface area (Å²) in [4.78, 5) is 11.5. The van der Waals surface area contributed by atoms with Crippen LogP contribution >= 0.6 is 0 Å². The van der Waals surface area contributed by atoms with Crippen LogP contribution in [0.15, 0.2) is 24.3 Å². The van der Waals surface area contributed by atoms with Crippen molar-refractivity contribution in [3.05, 3.63) is 35.6 Å². The van der Waals surface area contributed by atoms with Gasteiger partial charge in [-0.25, -0.2) is 4.39 Å². The molecule has 1 aliphatic heterocycles. The minimum atomic E-state index is -0.246. The van der Waals surface area contributed by atoms with Crippen LogP contribution in [0.1, 0.15) is 24.3 Å². The van der Waals surface area contributed by atoms with E-state index in [-0.39, 0.29) is 17.8 Å². The second-order valence-electron chi connectivity index (χ2n) is 4.30. The summed E-state index contributed by atoms with van der Waals surface area (Å²) in [6.07, 6.45) is 1.66. The van der Waals surface area contributed by atoms with Crippen LogP contribution in [0.25, 0.3) is 0 Å². The number of benzene rings is 1. The van der Waals surface area contributed by atoms with Crippen LogP contribution in [0, 0.1) is 5.82 Å². The summed E-state index contributed by atoms with van der Waals surface area (Å²) in [5, 5.41) is 3.13. The molecule has 1 N–H and O–H groups in total. The molecule has 0 radical (unpaired) electrons. The number of hydrogen-bond acceptors (Lipinski definition) is 3. The molecule has 0 aliphatic carbocycles. The molecule has 1 aromatic carbocycles. The molecule has 2 unspecified atom stereocenters. The number of piperidine rings is 1. The molecule has 2 atom stereocenters. The van der Waals surface area contributed by atoms with E-state index in [2.05, 4.69) is 5.32 Å². The summed E-state index contributed by atoms with van der Waals surface area (Å²) in [5.41, 5.74) is 1.09. The molecule has 3 nitrogen and oxygen atoms in total. The molecule has 2 rings (SSSR count). The van der Waals surface area contributed by atoms with Crippen molar-refractivity contribution in [1.82, 2.24) is 5.32 Å². The summed E-state index contributed by atoms with van der Waals surface area (Å²) >= 11 is 0. The number of esters is 1. The van der Waals surface area contributed by atoms with Crippen LogP contribution < -0.4 is 5.32 Å². The Morgan fingerprint density at radius 2 is 2.12 bits per heavy atom. The fraction of sp³-hybridized carbons (Fsp3) is 0.462. The lowest BCUT2D eigenvalue weighted by atomic mass is 9.86. The fourth-order valence-electron chi connectivity index (χ4n) is 2.28. The minimum Gasteiger partial charge on any atom is -0.468 e. The zero-order valence-electron chi connectivity index (χ0n) is 9.78. The highest BCUT2D eigenvalue weighted by Gasteiger charge is 2.28. The van der Waals surface area contributed by atoms with Crippen molar-refractivity contribution in [2.75, 3.05) is 13.7 Å². The van der Waals surface area contributed by atoms with Gasteiger partial charge in [0.15, 0.2) is 0 Å². The van der Waals surface area contributed by atoms with Crippen molar-refractivity contribution < 1.29 is 13.9 Å². The first-order valence-corrected chi connectivity index (χ1v) is 5.77. The molecule has 1 heterocycles. The first kappa shape index (κ1) is 12.0. The van der Waals surface area contributed by atoms with Crippen LogP contribution in [-0.4, -0.2) is 25.7 Å². The standard InChI is InChI=1S/C13H16FNO2/c1-17-13(16)12-8-10(6-7-15-12)9-2-4-11(14)5-3-9/h2-5,10,12,15H,6-8H2,1H3. The molecule has 1 aliphatic rings. The highest BCUT2D eigenvalue weighted by molar-refractivity contribution is 5.75. The summed E-state index contributed by atoms with van der Waals surface area (Å²) in [6.45, 7) is 0.780. The first-order chi connectivity index (χ1) is 8.20. The van der Waals surface area contributed by atoms with Gasteiger partial charge in [0.05, 0.1) is 7.11 Å². The van der Waals surface area contributed by atoms with Gasteiger partial charge in [0.2, 0.25) is 0 Å². The Balaban J connectivity index is 2.06. The molecule has 0 spiro atoms. The Bertz CT molecular complexity index is 391. The maximum Gasteiger partial charge on any atom is 0.322 e. The number of rotatable bonds is 2. The first-order valence-electron chi connectivity index (χ1n) is 5.77.